The minimum absolute atomic E-state index is 0.0534. The zero-order valence-electron chi connectivity index (χ0n) is 22.5. The van der Waals surface area contributed by atoms with Crippen molar-refractivity contribution >= 4 is 40.1 Å². The molecule has 208 valence electrons. The average molecular weight is 562 g/mol. The highest BCUT2D eigenvalue weighted by atomic mass is 35.5. The highest BCUT2D eigenvalue weighted by molar-refractivity contribution is 6.30. The minimum atomic E-state index is -0.973. The number of ether oxygens (including phenoxy) is 2. The van der Waals surface area contributed by atoms with Crippen molar-refractivity contribution in [3.05, 3.63) is 77.3 Å². The van der Waals surface area contributed by atoms with Crippen LogP contribution >= 0.6 is 11.6 Å². The first-order valence-corrected chi connectivity index (χ1v) is 13.7. The van der Waals surface area contributed by atoms with Gasteiger partial charge in [-0.1, -0.05) is 60.3 Å². The van der Waals surface area contributed by atoms with Crippen LogP contribution in [0.3, 0.4) is 0 Å². The van der Waals surface area contributed by atoms with Gasteiger partial charge in [-0.3, -0.25) is 14.5 Å². The Morgan fingerprint density at radius 1 is 1.00 bits per heavy atom. The molecule has 0 radical (unpaired) electrons. The van der Waals surface area contributed by atoms with E-state index in [4.69, 9.17) is 21.1 Å². The van der Waals surface area contributed by atoms with Crippen LogP contribution in [0.1, 0.15) is 43.7 Å². The number of nitrogens with zero attached hydrogens (tertiary/aromatic N) is 4. The van der Waals surface area contributed by atoms with Crippen LogP contribution in [0.25, 0.3) is 11.0 Å². The van der Waals surface area contributed by atoms with Gasteiger partial charge in [0.25, 0.3) is 0 Å². The van der Waals surface area contributed by atoms with Crippen LogP contribution in [0, 0.1) is 0 Å². The number of halogens is 1. The van der Waals surface area contributed by atoms with E-state index in [-0.39, 0.29) is 24.4 Å². The Morgan fingerprint density at radius 3 is 2.45 bits per heavy atom. The van der Waals surface area contributed by atoms with Crippen molar-refractivity contribution < 1.29 is 19.1 Å². The van der Waals surface area contributed by atoms with Crippen molar-refractivity contribution in [1.29, 1.82) is 0 Å². The number of aromatic nitrogens is 3. The maximum Gasteiger partial charge on any atom is 0.249 e. The molecule has 1 aromatic heterocycles. The third-order valence-corrected chi connectivity index (χ3v) is 7.52. The molecule has 0 saturated heterocycles. The number of carbonyl (C=O) groups excluding carboxylic acids is 2. The molecule has 1 saturated carbocycles. The molecule has 1 atom stereocenters. The van der Waals surface area contributed by atoms with E-state index < -0.39 is 6.04 Å². The van der Waals surface area contributed by atoms with Crippen molar-refractivity contribution in [1.82, 2.24) is 20.3 Å². The fourth-order valence-electron chi connectivity index (χ4n) is 5.24. The van der Waals surface area contributed by atoms with Gasteiger partial charge >= 0.3 is 0 Å². The van der Waals surface area contributed by atoms with Crippen molar-refractivity contribution in [2.75, 3.05) is 19.1 Å². The molecule has 5 rings (SSSR count). The van der Waals surface area contributed by atoms with Crippen molar-refractivity contribution in [2.24, 2.45) is 0 Å². The van der Waals surface area contributed by atoms with Gasteiger partial charge in [-0.15, -0.1) is 5.10 Å². The number of hydrogen-bond donors (Lipinski definition) is 1. The number of para-hydroxylation sites is 1. The maximum atomic E-state index is 14.2. The molecular formula is C30H32ClN5O4. The second-order valence-corrected chi connectivity index (χ2v) is 10.3. The summed E-state index contributed by atoms with van der Waals surface area (Å²) in [5, 5.41) is 12.2. The molecule has 0 aliphatic heterocycles. The minimum Gasteiger partial charge on any atom is -0.493 e. The van der Waals surface area contributed by atoms with Gasteiger partial charge in [-0.05, 0) is 54.8 Å². The highest BCUT2D eigenvalue weighted by Gasteiger charge is 2.35. The summed E-state index contributed by atoms with van der Waals surface area (Å²) < 4.78 is 12.5. The zero-order chi connectivity index (χ0) is 28.1. The number of nitrogens with one attached hydrogen (secondary N) is 1. The van der Waals surface area contributed by atoms with Crippen LogP contribution in [0.4, 0.5) is 5.69 Å². The molecule has 40 heavy (non-hydrogen) atoms. The van der Waals surface area contributed by atoms with E-state index >= 15 is 0 Å². The summed E-state index contributed by atoms with van der Waals surface area (Å²) in [6, 6.07) is 18.7. The predicted octanol–water partition coefficient (Wildman–Crippen LogP) is 5.33. The van der Waals surface area contributed by atoms with Crippen molar-refractivity contribution in [3.8, 4) is 11.5 Å². The summed E-state index contributed by atoms with van der Waals surface area (Å²) in [6.07, 6.45) is 5.11. The molecule has 1 aliphatic carbocycles. The Balaban J connectivity index is 1.60. The van der Waals surface area contributed by atoms with Gasteiger partial charge in [0, 0.05) is 22.8 Å². The molecule has 0 bridgehead atoms. The van der Waals surface area contributed by atoms with E-state index in [1.165, 1.54) is 12.0 Å². The van der Waals surface area contributed by atoms with Crippen molar-refractivity contribution in [2.45, 2.75) is 50.7 Å². The van der Waals surface area contributed by atoms with Crippen LogP contribution in [0.15, 0.2) is 66.7 Å². The van der Waals surface area contributed by atoms with E-state index in [9.17, 15) is 9.59 Å². The van der Waals surface area contributed by atoms with Crippen LogP contribution < -0.4 is 19.7 Å². The number of benzene rings is 3. The summed E-state index contributed by atoms with van der Waals surface area (Å²) >= 11 is 6.20. The van der Waals surface area contributed by atoms with E-state index in [1.54, 1.807) is 54.3 Å². The first kappa shape index (κ1) is 27.5. The fourth-order valence-corrected chi connectivity index (χ4v) is 5.37. The maximum absolute atomic E-state index is 14.2. The summed E-state index contributed by atoms with van der Waals surface area (Å²) in [5.41, 5.74) is 2.50. The molecule has 1 heterocycles. The topological polar surface area (TPSA) is 98.6 Å². The fraction of sp³-hybridized carbons (Fsp3) is 0.333. The molecule has 1 fully saturated rings. The summed E-state index contributed by atoms with van der Waals surface area (Å²) in [4.78, 5) is 29.8. The Bertz CT molecular complexity index is 1480. The van der Waals surface area contributed by atoms with Crippen LogP contribution in [0.2, 0.25) is 5.02 Å². The molecular weight excluding hydrogens is 530 g/mol. The lowest BCUT2D eigenvalue weighted by Gasteiger charge is -2.33. The largest absolute Gasteiger partial charge is 0.493 e. The van der Waals surface area contributed by atoms with Gasteiger partial charge in [0.15, 0.2) is 11.5 Å². The van der Waals surface area contributed by atoms with Gasteiger partial charge in [-0.2, -0.15) is 0 Å². The first-order valence-electron chi connectivity index (χ1n) is 13.4. The third kappa shape index (κ3) is 5.89. The Morgan fingerprint density at radius 2 is 1.73 bits per heavy atom. The average Bonchev–Trinajstić information content (AvgIpc) is 3.39. The highest BCUT2D eigenvalue weighted by Crippen LogP contribution is 2.36. The molecule has 2 amide bonds. The summed E-state index contributed by atoms with van der Waals surface area (Å²) in [6.45, 7) is -0.129. The number of fused-ring (bicyclic) bond motifs is 1. The quantitative estimate of drug-likeness (QED) is 0.297. The van der Waals surface area contributed by atoms with Gasteiger partial charge in [0.05, 0.1) is 19.7 Å². The van der Waals surface area contributed by atoms with E-state index in [0.29, 0.717) is 33.3 Å². The lowest BCUT2D eigenvalue weighted by atomic mass is 9.94. The monoisotopic (exact) mass is 561 g/mol. The number of carbonyl (C=O) groups is 2. The lowest BCUT2D eigenvalue weighted by molar-refractivity contribution is -0.127. The number of methoxy groups -OCH3 is 2. The zero-order valence-corrected chi connectivity index (χ0v) is 23.3. The standard InChI is InChI=1S/C30H32ClN5O4/c1-39-26-17-16-23(18-27(26)40-2)36(28(37)19-35-25-11-7-6-10-24(25)33-34-35)29(20-12-14-21(31)15-13-20)30(38)32-22-8-4-3-5-9-22/h6-7,10-18,22,29H,3-5,8-9,19H2,1-2H3,(H,32,38)/t29-/m0/s1. The molecule has 9 nitrogen and oxygen atoms in total. The van der Waals surface area contributed by atoms with Gasteiger partial charge in [0.2, 0.25) is 11.8 Å². The second-order valence-electron chi connectivity index (χ2n) is 9.84. The normalized spacial score (nSPS) is 14.5. The molecule has 0 spiro atoms. The van der Waals surface area contributed by atoms with E-state index in [0.717, 1.165) is 37.6 Å². The molecule has 1 N–H and O–H groups in total. The second kappa shape index (κ2) is 12.4. The Labute approximate surface area is 238 Å². The molecule has 10 heteroatoms. The van der Waals surface area contributed by atoms with E-state index in [1.807, 2.05) is 24.3 Å². The summed E-state index contributed by atoms with van der Waals surface area (Å²) in [7, 11) is 3.08. The number of rotatable bonds is 9. The van der Waals surface area contributed by atoms with Gasteiger partial charge < -0.3 is 14.8 Å². The Kier molecular flexibility index (Phi) is 8.50. The van der Waals surface area contributed by atoms with Gasteiger partial charge in [0.1, 0.15) is 18.1 Å². The third-order valence-electron chi connectivity index (χ3n) is 7.26. The number of anilines is 1. The van der Waals surface area contributed by atoms with Crippen molar-refractivity contribution in [3.63, 3.8) is 0 Å². The van der Waals surface area contributed by atoms with Gasteiger partial charge in [-0.25, -0.2) is 4.68 Å². The Hall–Kier alpha value is -4.11. The molecule has 3 aromatic carbocycles. The number of amides is 2. The van der Waals surface area contributed by atoms with E-state index in [2.05, 4.69) is 15.6 Å². The number of hydrogen-bond acceptors (Lipinski definition) is 6. The lowest BCUT2D eigenvalue weighted by Crippen LogP contribution is -2.48. The van der Waals surface area contributed by atoms with Crippen LogP contribution in [0.5, 0.6) is 11.5 Å². The molecule has 4 aromatic rings. The first-order chi connectivity index (χ1) is 19.5. The summed E-state index contributed by atoms with van der Waals surface area (Å²) in [5.74, 6) is 0.338. The predicted molar refractivity (Wildman–Crippen MR) is 154 cm³/mol. The molecule has 1 aliphatic rings. The van der Waals surface area contributed by atoms with Crippen LogP contribution in [-0.4, -0.2) is 47.1 Å². The smallest absolute Gasteiger partial charge is 0.249 e. The molecule has 0 unspecified atom stereocenters. The van der Waals surface area contributed by atoms with Crippen LogP contribution in [-0.2, 0) is 16.1 Å². The SMILES string of the molecule is COc1ccc(N(C(=O)Cn2nnc3ccccc32)[C@H](C(=O)NC2CCCCC2)c2ccc(Cl)cc2)cc1OC.